The van der Waals surface area contributed by atoms with Crippen molar-refractivity contribution >= 4 is 40.5 Å². The lowest BCUT2D eigenvalue weighted by atomic mass is 9.99. The molecule has 0 fully saturated rings. The molecule has 120 valence electrons. The fourth-order valence-electron chi connectivity index (χ4n) is 2.65. The number of fused-ring (bicyclic) bond motifs is 1. The second-order valence-electron chi connectivity index (χ2n) is 5.41. The number of halogens is 1. The Morgan fingerprint density at radius 2 is 2.00 bits per heavy atom. The predicted molar refractivity (Wildman–Crippen MR) is 91.7 cm³/mol. The van der Waals surface area contributed by atoms with Crippen LogP contribution in [0.2, 0.25) is 5.02 Å². The van der Waals surface area contributed by atoms with Crippen molar-refractivity contribution in [3.8, 4) is 0 Å². The quantitative estimate of drug-likeness (QED) is 0.839. The van der Waals surface area contributed by atoms with E-state index in [4.69, 9.17) is 11.6 Å². The number of ether oxygens (including phenoxy) is 1. The molecule has 1 aromatic carbocycles. The van der Waals surface area contributed by atoms with Gasteiger partial charge < -0.3 is 10.1 Å². The average Bonchev–Trinajstić information content (AvgIpc) is 3.00. The van der Waals surface area contributed by atoms with E-state index in [9.17, 15) is 9.59 Å². The highest BCUT2D eigenvalue weighted by molar-refractivity contribution is 7.14. The normalized spacial score (nSPS) is 13.3. The third-order valence-corrected chi connectivity index (χ3v) is 5.42. The van der Waals surface area contributed by atoms with Crippen LogP contribution in [0.4, 0.5) is 5.69 Å². The Labute approximate surface area is 143 Å². The zero-order valence-electron chi connectivity index (χ0n) is 12.6. The lowest BCUT2D eigenvalue weighted by Gasteiger charge is -2.08. The summed E-state index contributed by atoms with van der Waals surface area (Å²) in [7, 11) is 1.31. The standard InChI is InChI=1S/C17H16ClNO3S/c1-22-17(21)11-6-7-12(18)13(8-11)19-16(20)15-9-10-4-2-3-5-14(10)23-15/h6-9H,2-5H2,1H3,(H,19,20). The molecule has 2 aromatic rings. The van der Waals surface area contributed by atoms with Gasteiger partial charge in [0.15, 0.2) is 0 Å². The molecule has 1 N–H and O–H groups in total. The number of thiophene rings is 1. The Bertz CT molecular complexity index is 746. The minimum absolute atomic E-state index is 0.201. The number of hydrogen-bond donors (Lipinski definition) is 1. The van der Waals surface area contributed by atoms with Gasteiger partial charge >= 0.3 is 5.97 Å². The van der Waals surface area contributed by atoms with E-state index in [0.717, 1.165) is 12.8 Å². The Morgan fingerprint density at radius 3 is 2.74 bits per heavy atom. The maximum atomic E-state index is 12.5. The van der Waals surface area contributed by atoms with Crippen LogP contribution in [0.5, 0.6) is 0 Å². The van der Waals surface area contributed by atoms with E-state index in [-0.39, 0.29) is 5.91 Å². The van der Waals surface area contributed by atoms with Gasteiger partial charge in [0.25, 0.3) is 5.91 Å². The van der Waals surface area contributed by atoms with Gasteiger partial charge in [-0.1, -0.05) is 11.6 Å². The molecule has 1 amide bonds. The molecule has 1 aliphatic carbocycles. The molecule has 0 unspecified atom stereocenters. The molecule has 6 heteroatoms. The van der Waals surface area contributed by atoms with Crippen LogP contribution >= 0.6 is 22.9 Å². The van der Waals surface area contributed by atoms with Gasteiger partial charge in [-0.25, -0.2) is 4.79 Å². The lowest BCUT2D eigenvalue weighted by Crippen LogP contribution is -2.11. The van der Waals surface area contributed by atoms with E-state index in [1.807, 2.05) is 6.07 Å². The Balaban J connectivity index is 1.82. The van der Waals surface area contributed by atoms with E-state index in [2.05, 4.69) is 10.1 Å². The largest absolute Gasteiger partial charge is 0.465 e. The first kappa shape index (κ1) is 16.0. The summed E-state index contributed by atoms with van der Waals surface area (Å²) in [5.41, 5.74) is 2.03. The number of esters is 1. The maximum Gasteiger partial charge on any atom is 0.337 e. The molecule has 0 radical (unpaired) electrons. The molecule has 23 heavy (non-hydrogen) atoms. The molecule has 0 spiro atoms. The minimum atomic E-state index is -0.469. The van der Waals surface area contributed by atoms with Crippen LogP contribution in [-0.2, 0) is 17.6 Å². The van der Waals surface area contributed by atoms with E-state index in [1.165, 1.54) is 47.8 Å². The van der Waals surface area contributed by atoms with E-state index >= 15 is 0 Å². The number of hydrogen-bond acceptors (Lipinski definition) is 4. The second kappa shape index (κ2) is 6.72. The molecule has 0 saturated carbocycles. The summed E-state index contributed by atoms with van der Waals surface area (Å²) in [4.78, 5) is 26.0. The maximum absolute atomic E-state index is 12.5. The van der Waals surface area contributed by atoms with Crippen LogP contribution in [0, 0.1) is 0 Å². The van der Waals surface area contributed by atoms with Crippen molar-refractivity contribution in [2.24, 2.45) is 0 Å². The predicted octanol–water partition coefficient (Wildman–Crippen LogP) is 4.32. The average molecular weight is 350 g/mol. The highest BCUT2D eigenvalue weighted by atomic mass is 35.5. The molecule has 0 aliphatic heterocycles. The van der Waals surface area contributed by atoms with Gasteiger partial charge in [-0.05, 0) is 55.5 Å². The first-order valence-corrected chi connectivity index (χ1v) is 8.58. The van der Waals surface area contributed by atoms with Gasteiger partial charge in [0, 0.05) is 4.88 Å². The highest BCUT2D eigenvalue weighted by Gasteiger charge is 2.18. The van der Waals surface area contributed by atoms with Crippen LogP contribution < -0.4 is 5.32 Å². The minimum Gasteiger partial charge on any atom is -0.465 e. The molecule has 3 rings (SSSR count). The van der Waals surface area contributed by atoms with Crippen molar-refractivity contribution in [2.75, 3.05) is 12.4 Å². The molecule has 1 aromatic heterocycles. The van der Waals surface area contributed by atoms with E-state index < -0.39 is 5.97 Å². The number of aryl methyl sites for hydroxylation is 2. The summed E-state index contributed by atoms with van der Waals surface area (Å²) in [5, 5.41) is 3.17. The molecule has 0 bridgehead atoms. The van der Waals surface area contributed by atoms with Crippen molar-refractivity contribution < 1.29 is 14.3 Å². The first-order chi connectivity index (χ1) is 11.1. The fraction of sp³-hybridized carbons (Fsp3) is 0.294. The summed E-state index contributed by atoms with van der Waals surface area (Å²) < 4.78 is 4.68. The number of methoxy groups -OCH3 is 1. The molecule has 4 nitrogen and oxygen atoms in total. The number of amides is 1. The van der Waals surface area contributed by atoms with E-state index in [0.29, 0.717) is 21.2 Å². The summed E-state index contributed by atoms with van der Waals surface area (Å²) in [6.45, 7) is 0. The van der Waals surface area contributed by atoms with Gasteiger partial charge in [0.05, 0.1) is 28.3 Å². The summed E-state index contributed by atoms with van der Waals surface area (Å²) in [5.74, 6) is -0.669. The van der Waals surface area contributed by atoms with Gasteiger partial charge in [-0.2, -0.15) is 0 Å². The SMILES string of the molecule is COC(=O)c1ccc(Cl)c(NC(=O)c2cc3c(s2)CCCC3)c1. The molecule has 0 saturated heterocycles. The topological polar surface area (TPSA) is 55.4 Å². The Hall–Kier alpha value is -1.85. The summed E-state index contributed by atoms with van der Waals surface area (Å²) in [6.07, 6.45) is 4.45. The van der Waals surface area contributed by atoms with Crippen LogP contribution in [0.1, 0.15) is 43.3 Å². The fourth-order valence-corrected chi connectivity index (χ4v) is 3.97. The van der Waals surface area contributed by atoms with Crippen LogP contribution in [0.25, 0.3) is 0 Å². The van der Waals surface area contributed by atoms with Crippen molar-refractivity contribution in [2.45, 2.75) is 25.7 Å². The monoisotopic (exact) mass is 349 g/mol. The smallest absolute Gasteiger partial charge is 0.337 e. The Morgan fingerprint density at radius 1 is 1.22 bits per heavy atom. The highest BCUT2D eigenvalue weighted by Crippen LogP contribution is 2.31. The zero-order chi connectivity index (χ0) is 16.4. The van der Waals surface area contributed by atoms with Crippen molar-refractivity contribution in [3.63, 3.8) is 0 Å². The molecule has 1 heterocycles. The molecule has 0 atom stereocenters. The number of carbonyl (C=O) groups excluding carboxylic acids is 2. The third kappa shape index (κ3) is 3.41. The number of benzene rings is 1. The van der Waals surface area contributed by atoms with Crippen molar-refractivity contribution in [3.05, 3.63) is 50.2 Å². The molecular formula is C17H16ClNO3S. The van der Waals surface area contributed by atoms with Gasteiger partial charge in [0.2, 0.25) is 0 Å². The van der Waals surface area contributed by atoms with Crippen LogP contribution in [0.3, 0.4) is 0 Å². The van der Waals surface area contributed by atoms with Crippen molar-refractivity contribution in [1.82, 2.24) is 0 Å². The Kier molecular flexibility index (Phi) is 4.68. The van der Waals surface area contributed by atoms with Gasteiger partial charge in [0.1, 0.15) is 0 Å². The zero-order valence-corrected chi connectivity index (χ0v) is 14.2. The first-order valence-electron chi connectivity index (χ1n) is 7.39. The molecular weight excluding hydrogens is 334 g/mol. The van der Waals surface area contributed by atoms with Gasteiger partial charge in [-0.3, -0.25) is 4.79 Å². The number of anilines is 1. The van der Waals surface area contributed by atoms with Crippen LogP contribution in [-0.4, -0.2) is 19.0 Å². The summed E-state index contributed by atoms with van der Waals surface area (Å²) in [6, 6.07) is 6.63. The lowest BCUT2D eigenvalue weighted by molar-refractivity contribution is 0.0600. The number of nitrogens with one attached hydrogen (secondary N) is 1. The molecule has 1 aliphatic rings. The third-order valence-electron chi connectivity index (χ3n) is 3.86. The summed E-state index contributed by atoms with van der Waals surface area (Å²) >= 11 is 7.65. The second-order valence-corrected chi connectivity index (χ2v) is 6.95. The van der Waals surface area contributed by atoms with Gasteiger partial charge in [-0.15, -0.1) is 11.3 Å². The van der Waals surface area contributed by atoms with E-state index in [1.54, 1.807) is 12.1 Å². The van der Waals surface area contributed by atoms with Crippen molar-refractivity contribution in [1.29, 1.82) is 0 Å². The number of carbonyl (C=O) groups is 2. The van der Waals surface area contributed by atoms with Crippen LogP contribution in [0.15, 0.2) is 24.3 Å². The number of rotatable bonds is 3.